The van der Waals surface area contributed by atoms with Gasteiger partial charge in [-0.05, 0) is 35.4 Å². The van der Waals surface area contributed by atoms with E-state index in [0.717, 1.165) is 11.1 Å². The first-order valence-corrected chi connectivity index (χ1v) is 8.74. The van der Waals surface area contributed by atoms with Gasteiger partial charge in [0.25, 0.3) is 0 Å². The summed E-state index contributed by atoms with van der Waals surface area (Å²) < 4.78 is 25.6. The Morgan fingerprint density at radius 1 is 1.14 bits per heavy atom. The Balaban J connectivity index is 1.89. The number of hydrogen-bond donors (Lipinski definition) is 1. The summed E-state index contributed by atoms with van der Waals surface area (Å²) in [7, 11) is 4.99. The molecule has 0 saturated heterocycles. The Kier molecular flexibility index (Phi) is 5.93. The molecule has 6 nitrogen and oxygen atoms in total. The van der Waals surface area contributed by atoms with Crippen LogP contribution in [0.2, 0.25) is 0 Å². The molecule has 2 aromatic carbocycles. The van der Waals surface area contributed by atoms with E-state index in [9.17, 15) is 9.18 Å². The van der Waals surface area contributed by atoms with Crippen LogP contribution in [0.5, 0.6) is 11.5 Å². The van der Waals surface area contributed by atoms with Crippen LogP contribution in [0.25, 0.3) is 0 Å². The number of hydrogen-bond acceptors (Lipinski definition) is 4. The Morgan fingerprint density at radius 2 is 1.86 bits per heavy atom. The molecule has 0 saturated carbocycles. The lowest BCUT2D eigenvalue weighted by molar-refractivity contribution is -0.121. The van der Waals surface area contributed by atoms with Crippen molar-refractivity contribution in [2.45, 2.75) is 12.5 Å². The smallest absolute Gasteiger partial charge is 0.225 e. The van der Waals surface area contributed by atoms with Crippen molar-refractivity contribution >= 4 is 5.91 Å². The van der Waals surface area contributed by atoms with E-state index < -0.39 is 6.04 Å². The summed E-state index contributed by atoms with van der Waals surface area (Å²) in [5.41, 5.74) is 1.53. The highest BCUT2D eigenvalue weighted by atomic mass is 19.1. The first-order chi connectivity index (χ1) is 13.5. The molecular weight excluding hydrogens is 361 g/mol. The standard InChI is InChI=1S/C21H22FN3O3/c1-25-11-10-23-21(25)20(15-6-9-17(27-2)18(13-15)28-3)24-19(26)12-14-4-7-16(22)8-5-14/h4-11,13,20H,12H2,1-3H3,(H,24,26)/t20-/m1/s1. The molecule has 1 atom stereocenters. The second-order valence-electron chi connectivity index (χ2n) is 6.31. The molecule has 0 fully saturated rings. The number of aromatic nitrogens is 2. The predicted molar refractivity (Wildman–Crippen MR) is 103 cm³/mol. The van der Waals surface area contributed by atoms with E-state index in [0.29, 0.717) is 17.3 Å². The Morgan fingerprint density at radius 3 is 2.46 bits per heavy atom. The fourth-order valence-electron chi connectivity index (χ4n) is 2.98. The zero-order chi connectivity index (χ0) is 20.1. The van der Waals surface area contributed by atoms with E-state index in [2.05, 4.69) is 10.3 Å². The first kappa shape index (κ1) is 19.4. The summed E-state index contributed by atoms with van der Waals surface area (Å²) in [5, 5.41) is 3.02. The van der Waals surface area contributed by atoms with Crippen LogP contribution >= 0.6 is 0 Å². The van der Waals surface area contributed by atoms with Gasteiger partial charge in [0.15, 0.2) is 11.5 Å². The van der Waals surface area contributed by atoms with Crippen LogP contribution < -0.4 is 14.8 Å². The second-order valence-corrected chi connectivity index (χ2v) is 6.31. The molecule has 7 heteroatoms. The van der Waals surface area contributed by atoms with Gasteiger partial charge in [-0.3, -0.25) is 4.79 Å². The highest BCUT2D eigenvalue weighted by molar-refractivity contribution is 5.79. The maximum absolute atomic E-state index is 13.1. The molecule has 0 unspecified atom stereocenters. The number of aryl methyl sites for hydroxylation is 1. The first-order valence-electron chi connectivity index (χ1n) is 8.74. The third-order valence-electron chi connectivity index (χ3n) is 4.44. The maximum Gasteiger partial charge on any atom is 0.225 e. The van der Waals surface area contributed by atoms with E-state index >= 15 is 0 Å². The van der Waals surface area contributed by atoms with Crippen molar-refractivity contribution in [1.29, 1.82) is 0 Å². The van der Waals surface area contributed by atoms with Crippen LogP contribution in [-0.2, 0) is 18.3 Å². The van der Waals surface area contributed by atoms with Crippen LogP contribution in [-0.4, -0.2) is 29.7 Å². The molecule has 0 radical (unpaired) electrons. The van der Waals surface area contributed by atoms with Crippen LogP contribution in [0.4, 0.5) is 4.39 Å². The minimum absolute atomic E-state index is 0.133. The molecular formula is C21H22FN3O3. The lowest BCUT2D eigenvalue weighted by Gasteiger charge is -2.20. The molecule has 0 aliphatic heterocycles. The Hall–Kier alpha value is -3.35. The molecule has 1 aromatic heterocycles. The number of nitrogens with zero attached hydrogens (tertiary/aromatic N) is 2. The SMILES string of the molecule is COc1ccc([C@@H](NC(=O)Cc2ccc(F)cc2)c2nccn2C)cc1OC. The maximum atomic E-state index is 13.1. The van der Waals surface area contributed by atoms with Crippen molar-refractivity contribution in [3.05, 3.63) is 77.6 Å². The number of amides is 1. The van der Waals surface area contributed by atoms with E-state index in [1.165, 1.54) is 12.1 Å². The number of carbonyl (C=O) groups excluding carboxylic acids is 1. The van der Waals surface area contributed by atoms with Crippen molar-refractivity contribution in [3.63, 3.8) is 0 Å². The van der Waals surface area contributed by atoms with Gasteiger partial charge < -0.3 is 19.4 Å². The van der Waals surface area contributed by atoms with Crippen molar-refractivity contribution < 1.29 is 18.7 Å². The van der Waals surface area contributed by atoms with Gasteiger partial charge in [0.1, 0.15) is 17.7 Å². The Labute approximate surface area is 162 Å². The molecule has 0 bridgehead atoms. The molecule has 1 N–H and O–H groups in total. The fraction of sp³-hybridized carbons (Fsp3) is 0.238. The number of methoxy groups -OCH3 is 2. The summed E-state index contributed by atoms with van der Waals surface area (Å²) in [5.74, 6) is 1.31. The molecule has 146 valence electrons. The summed E-state index contributed by atoms with van der Waals surface area (Å²) in [6.07, 6.45) is 3.62. The number of halogens is 1. The average Bonchev–Trinajstić information content (AvgIpc) is 3.13. The van der Waals surface area contributed by atoms with Crippen LogP contribution in [0.1, 0.15) is 23.0 Å². The predicted octanol–water partition coefficient (Wildman–Crippen LogP) is 3.02. The van der Waals surface area contributed by atoms with Gasteiger partial charge in [0, 0.05) is 19.4 Å². The molecule has 0 aliphatic carbocycles. The van der Waals surface area contributed by atoms with Crippen molar-refractivity contribution in [1.82, 2.24) is 14.9 Å². The van der Waals surface area contributed by atoms with Crippen LogP contribution in [0, 0.1) is 5.82 Å². The highest BCUT2D eigenvalue weighted by Gasteiger charge is 2.22. The molecule has 1 amide bonds. The average molecular weight is 383 g/mol. The summed E-state index contributed by atoms with van der Waals surface area (Å²) in [6.45, 7) is 0. The minimum Gasteiger partial charge on any atom is -0.493 e. The number of carbonyl (C=O) groups is 1. The number of benzene rings is 2. The van der Waals surface area contributed by atoms with Gasteiger partial charge in [-0.15, -0.1) is 0 Å². The van der Waals surface area contributed by atoms with E-state index in [-0.39, 0.29) is 18.1 Å². The molecule has 28 heavy (non-hydrogen) atoms. The third-order valence-corrected chi connectivity index (χ3v) is 4.44. The van der Waals surface area contributed by atoms with Crippen molar-refractivity contribution in [3.8, 4) is 11.5 Å². The number of rotatable bonds is 7. The van der Waals surface area contributed by atoms with Crippen molar-refractivity contribution in [2.24, 2.45) is 7.05 Å². The van der Waals surface area contributed by atoms with Gasteiger partial charge in [0.2, 0.25) is 5.91 Å². The van der Waals surface area contributed by atoms with Gasteiger partial charge in [0.05, 0.1) is 20.6 Å². The number of ether oxygens (including phenoxy) is 2. The normalized spacial score (nSPS) is 11.7. The largest absolute Gasteiger partial charge is 0.493 e. The van der Waals surface area contributed by atoms with E-state index in [1.54, 1.807) is 38.6 Å². The number of nitrogens with one attached hydrogen (secondary N) is 1. The zero-order valence-corrected chi connectivity index (χ0v) is 16.0. The zero-order valence-electron chi connectivity index (χ0n) is 16.0. The summed E-state index contributed by atoms with van der Waals surface area (Å²) in [6, 6.07) is 10.9. The Bertz CT molecular complexity index is 954. The molecule has 1 heterocycles. The quantitative estimate of drug-likeness (QED) is 0.681. The minimum atomic E-state index is -0.479. The lowest BCUT2D eigenvalue weighted by atomic mass is 10.0. The summed E-state index contributed by atoms with van der Waals surface area (Å²) in [4.78, 5) is 17.1. The molecule has 0 aliphatic rings. The van der Waals surface area contributed by atoms with Crippen molar-refractivity contribution in [2.75, 3.05) is 14.2 Å². The topological polar surface area (TPSA) is 65.4 Å². The number of imidazole rings is 1. The van der Waals surface area contributed by atoms with Crippen LogP contribution in [0.3, 0.4) is 0 Å². The lowest BCUT2D eigenvalue weighted by Crippen LogP contribution is -2.32. The monoisotopic (exact) mass is 383 g/mol. The summed E-state index contributed by atoms with van der Waals surface area (Å²) >= 11 is 0. The second kappa shape index (κ2) is 8.56. The molecule has 3 aromatic rings. The van der Waals surface area contributed by atoms with E-state index in [4.69, 9.17) is 9.47 Å². The van der Waals surface area contributed by atoms with E-state index in [1.807, 2.05) is 29.9 Å². The van der Waals surface area contributed by atoms with Crippen LogP contribution in [0.15, 0.2) is 54.9 Å². The highest BCUT2D eigenvalue weighted by Crippen LogP contribution is 2.31. The van der Waals surface area contributed by atoms with Gasteiger partial charge in [-0.25, -0.2) is 9.37 Å². The fourth-order valence-corrected chi connectivity index (χ4v) is 2.98. The molecule has 0 spiro atoms. The third kappa shape index (κ3) is 4.31. The van der Waals surface area contributed by atoms with Gasteiger partial charge in [-0.2, -0.15) is 0 Å². The van der Waals surface area contributed by atoms with Gasteiger partial charge >= 0.3 is 0 Å². The van der Waals surface area contributed by atoms with Gasteiger partial charge in [-0.1, -0.05) is 18.2 Å². The molecule has 3 rings (SSSR count).